The van der Waals surface area contributed by atoms with Crippen molar-refractivity contribution in [2.24, 2.45) is 0 Å². The molecule has 0 fully saturated rings. The minimum Gasteiger partial charge on any atom is -0.777 e. The fourth-order valence-electron chi connectivity index (χ4n) is 2.85. The first kappa shape index (κ1) is 29.8. The SMILES string of the molecule is C=CCOCC(COc1ccc(CCCCCCCCC)cc1)OCP(=O)([O-])O.[Na+]. The molecule has 0 amide bonds. The summed E-state index contributed by atoms with van der Waals surface area (Å²) in [4.78, 5) is 19.8. The standard InChI is InChI=1S/C22H37O6P.Na/c1-3-5-6-7-8-9-10-11-20-12-14-21(15-13-20)27-18-22(17-26-16-4-2)28-19-29(23,24)25;/h4,12-15,22H,2-3,5-11,16-19H2,1H3,(H2,23,24,25);/q;+1/p-1. The molecule has 8 heteroatoms. The molecule has 0 saturated carbocycles. The predicted molar refractivity (Wildman–Crippen MR) is 114 cm³/mol. The molecule has 30 heavy (non-hydrogen) atoms. The summed E-state index contributed by atoms with van der Waals surface area (Å²) in [6, 6.07) is 7.91. The van der Waals surface area contributed by atoms with Gasteiger partial charge in [0.1, 0.15) is 24.8 Å². The number of hydrogen-bond acceptors (Lipinski definition) is 5. The van der Waals surface area contributed by atoms with Gasteiger partial charge < -0.3 is 28.6 Å². The van der Waals surface area contributed by atoms with E-state index in [0.29, 0.717) is 12.4 Å². The number of aryl methyl sites for hydroxylation is 1. The van der Waals surface area contributed by atoms with Crippen LogP contribution in [0.4, 0.5) is 0 Å². The second-order valence-electron chi connectivity index (χ2n) is 7.21. The molecule has 0 heterocycles. The van der Waals surface area contributed by atoms with Crippen LogP contribution in [0.15, 0.2) is 36.9 Å². The van der Waals surface area contributed by atoms with E-state index >= 15 is 0 Å². The Morgan fingerprint density at radius 3 is 2.33 bits per heavy atom. The van der Waals surface area contributed by atoms with Gasteiger partial charge in [-0.15, -0.1) is 6.58 Å². The van der Waals surface area contributed by atoms with Gasteiger partial charge in [0, 0.05) is 0 Å². The Labute approximate surface area is 203 Å². The Morgan fingerprint density at radius 2 is 1.73 bits per heavy atom. The van der Waals surface area contributed by atoms with Crippen LogP contribution < -0.4 is 39.2 Å². The molecule has 2 atom stereocenters. The van der Waals surface area contributed by atoms with Crippen molar-refractivity contribution >= 4 is 7.60 Å². The van der Waals surface area contributed by atoms with Crippen LogP contribution in [0.25, 0.3) is 0 Å². The molecule has 0 aliphatic rings. The fraction of sp³-hybridized carbons (Fsp3) is 0.636. The normalized spacial score (nSPS) is 13.8. The first-order chi connectivity index (χ1) is 13.9. The molecule has 0 aliphatic carbocycles. The van der Waals surface area contributed by atoms with E-state index < -0.39 is 20.0 Å². The van der Waals surface area contributed by atoms with Gasteiger partial charge in [-0.25, -0.2) is 0 Å². The van der Waals surface area contributed by atoms with Gasteiger partial charge in [0.15, 0.2) is 7.60 Å². The maximum Gasteiger partial charge on any atom is 1.00 e. The third kappa shape index (κ3) is 16.5. The average molecular weight is 450 g/mol. The maximum absolute atomic E-state index is 10.9. The Kier molecular flexibility index (Phi) is 18.3. The van der Waals surface area contributed by atoms with Gasteiger partial charge in [-0.3, -0.25) is 0 Å². The van der Waals surface area contributed by atoms with Crippen molar-refractivity contribution < 1.29 is 58.1 Å². The zero-order valence-corrected chi connectivity index (χ0v) is 21.5. The summed E-state index contributed by atoms with van der Waals surface area (Å²) in [5.74, 6) is 0.681. The molecule has 166 valence electrons. The predicted octanol–water partition coefficient (Wildman–Crippen LogP) is 1.45. The van der Waals surface area contributed by atoms with E-state index in [1.807, 2.05) is 12.1 Å². The minimum atomic E-state index is -4.49. The molecule has 0 saturated heterocycles. The molecular weight excluding hydrogens is 414 g/mol. The van der Waals surface area contributed by atoms with Gasteiger partial charge in [-0.2, -0.15) is 0 Å². The molecule has 1 aromatic rings. The Hall–Kier alpha value is -0.170. The van der Waals surface area contributed by atoms with E-state index in [2.05, 4.69) is 25.6 Å². The number of rotatable bonds is 18. The molecule has 1 aromatic carbocycles. The van der Waals surface area contributed by atoms with Crippen LogP contribution in [0, 0.1) is 0 Å². The quantitative estimate of drug-likeness (QED) is 0.158. The van der Waals surface area contributed by atoms with Crippen LogP contribution in [0.2, 0.25) is 0 Å². The summed E-state index contributed by atoms with van der Waals surface area (Å²) in [7, 11) is -4.49. The van der Waals surface area contributed by atoms with Crippen molar-refractivity contribution in [2.45, 2.75) is 64.4 Å². The van der Waals surface area contributed by atoms with Gasteiger partial charge in [0.2, 0.25) is 0 Å². The molecule has 0 bridgehead atoms. The van der Waals surface area contributed by atoms with Crippen molar-refractivity contribution in [3.05, 3.63) is 42.5 Å². The summed E-state index contributed by atoms with van der Waals surface area (Å²) in [5, 5.41) is 0. The molecule has 0 aromatic heterocycles. The van der Waals surface area contributed by atoms with Crippen LogP contribution in [0.1, 0.15) is 57.4 Å². The minimum absolute atomic E-state index is 0. The Morgan fingerprint density at radius 1 is 1.10 bits per heavy atom. The largest absolute Gasteiger partial charge is 1.00 e. The Bertz CT molecular complexity index is 590. The Balaban J connectivity index is 0.00000841. The molecule has 1 rings (SSSR count). The van der Waals surface area contributed by atoms with E-state index in [1.165, 1.54) is 50.5 Å². The smallest absolute Gasteiger partial charge is 0.777 e. The number of unbranched alkanes of at least 4 members (excludes halogenated alkanes) is 6. The van der Waals surface area contributed by atoms with Gasteiger partial charge >= 0.3 is 29.6 Å². The van der Waals surface area contributed by atoms with Crippen molar-refractivity contribution in [1.29, 1.82) is 0 Å². The number of benzene rings is 1. The molecule has 1 N–H and O–H groups in total. The second-order valence-corrected chi connectivity index (χ2v) is 8.74. The van der Waals surface area contributed by atoms with E-state index in [4.69, 9.17) is 19.1 Å². The summed E-state index contributed by atoms with van der Waals surface area (Å²) in [6.07, 6.45) is 10.3. The fourth-order valence-corrected chi connectivity index (χ4v) is 3.25. The zero-order valence-electron chi connectivity index (χ0n) is 18.6. The molecule has 6 nitrogen and oxygen atoms in total. The third-order valence-corrected chi connectivity index (χ3v) is 4.92. The first-order valence-electron chi connectivity index (χ1n) is 10.5. The van der Waals surface area contributed by atoms with Gasteiger partial charge in [-0.1, -0.05) is 63.7 Å². The summed E-state index contributed by atoms with van der Waals surface area (Å²) in [5.41, 5.74) is 1.28. The van der Waals surface area contributed by atoms with Crippen LogP contribution in [0.3, 0.4) is 0 Å². The van der Waals surface area contributed by atoms with Gasteiger partial charge in [0.25, 0.3) is 0 Å². The molecule has 2 unspecified atom stereocenters. The number of ether oxygens (including phenoxy) is 3. The summed E-state index contributed by atoms with van der Waals surface area (Å²) in [6.45, 7) is 6.37. The van der Waals surface area contributed by atoms with E-state index in [1.54, 1.807) is 6.08 Å². The molecule has 0 aliphatic heterocycles. The van der Waals surface area contributed by atoms with Crippen molar-refractivity contribution in [3.63, 3.8) is 0 Å². The molecular formula is C22H36NaO6P. The number of hydrogen-bond donors (Lipinski definition) is 1. The average Bonchev–Trinajstić information content (AvgIpc) is 2.69. The van der Waals surface area contributed by atoms with Gasteiger partial charge in [0.05, 0.1) is 13.2 Å². The zero-order chi connectivity index (χ0) is 21.4. The van der Waals surface area contributed by atoms with Gasteiger partial charge in [-0.05, 0) is 30.5 Å². The maximum atomic E-state index is 10.9. The van der Waals surface area contributed by atoms with Crippen LogP contribution in [0.5, 0.6) is 5.75 Å². The first-order valence-corrected chi connectivity index (χ1v) is 12.3. The van der Waals surface area contributed by atoms with E-state index in [9.17, 15) is 9.46 Å². The topological polar surface area (TPSA) is 88.1 Å². The third-order valence-electron chi connectivity index (χ3n) is 4.44. The van der Waals surface area contributed by atoms with Crippen molar-refractivity contribution in [3.8, 4) is 5.75 Å². The van der Waals surface area contributed by atoms with Crippen LogP contribution in [-0.4, -0.2) is 37.2 Å². The van der Waals surface area contributed by atoms with E-state index in [-0.39, 0.29) is 42.8 Å². The molecule has 0 radical (unpaired) electrons. The van der Waals surface area contributed by atoms with Crippen molar-refractivity contribution in [2.75, 3.05) is 26.2 Å². The van der Waals surface area contributed by atoms with Crippen molar-refractivity contribution in [1.82, 2.24) is 0 Å². The summed E-state index contributed by atoms with van der Waals surface area (Å²) < 4.78 is 27.1. The van der Waals surface area contributed by atoms with Crippen LogP contribution >= 0.6 is 7.60 Å². The summed E-state index contributed by atoms with van der Waals surface area (Å²) >= 11 is 0. The second kappa shape index (κ2) is 18.4. The van der Waals surface area contributed by atoms with E-state index in [0.717, 1.165) is 6.42 Å². The monoisotopic (exact) mass is 450 g/mol. The van der Waals surface area contributed by atoms with Crippen LogP contribution in [-0.2, 0) is 20.5 Å². The molecule has 0 spiro atoms.